The zero-order valence-electron chi connectivity index (χ0n) is 11.1. The van der Waals surface area contributed by atoms with Crippen molar-refractivity contribution in [2.75, 3.05) is 44.0 Å². The molecule has 0 saturated carbocycles. The highest BCUT2D eigenvalue weighted by atomic mass is 16.5. The normalized spacial score (nSPS) is 10.2. The fraction of sp³-hybridized carbons (Fsp3) is 0.462. The topological polar surface area (TPSA) is 96.6 Å². The standard InChI is InChI=1S/C13H21N3O3/c1-2-15-13(18)10-3-4-11(14)12(9-10)16-5-7-19-8-6-17/h3-4,9,16-17H,2,5-8,14H2,1H3,(H,15,18). The number of carbonyl (C=O) groups excluding carboxylic acids is 1. The van der Waals surface area contributed by atoms with Crippen LogP contribution in [0.5, 0.6) is 0 Å². The molecule has 19 heavy (non-hydrogen) atoms. The molecule has 0 aliphatic rings. The monoisotopic (exact) mass is 267 g/mol. The van der Waals surface area contributed by atoms with E-state index in [1.165, 1.54) is 0 Å². The first-order valence-corrected chi connectivity index (χ1v) is 6.29. The fourth-order valence-electron chi connectivity index (χ4n) is 1.54. The van der Waals surface area contributed by atoms with E-state index in [1.807, 2.05) is 6.92 Å². The van der Waals surface area contributed by atoms with Gasteiger partial charge in [0.2, 0.25) is 0 Å². The van der Waals surface area contributed by atoms with Crippen LogP contribution in [-0.4, -0.2) is 43.9 Å². The molecule has 0 aliphatic heterocycles. The molecule has 0 spiro atoms. The van der Waals surface area contributed by atoms with Gasteiger partial charge in [0, 0.05) is 18.7 Å². The fourth-order valence-corrected chi connectivity index (χ4v) is 1.54. The summed E-state index contributed by atoms with van der Waals surface area (Å²) >= 11 is 0. The molecule has 0 aromatic heterocycles. The molecule has 0 fully saturated rings. The number of rotatable bonds is 8. The summed E-state index contributed by atoms with van der Waals surface area (Å²) in [5.41, 5.74) is 7.68. The summed E-state index contributed by atoms with van der Waals surface area (Å²) < 4.78 is 5.13. The Hall–Kier alpha value is -1.79. The Bertz CT molecular complexity index is 410. The van der Waals surface area contributed by atoms with Gasteiger partial charge in [0.05, 0.1) is 31.2 Å². The van der Waals surface area contributed by atoms with Gasteiger partial charge in [-0.1, -0.05) is 0 Å². The van der Waals surface area contributed by atoms with Crippen molar-refractivity contribution in [2.24, 2.45) is 0 Å². The van der Waals surface area contributed by atoms with Gasteiger partial charge < -0.3 is 26.2 Å². The van der Waals surface area contributed by atoms with Gasteiger partial charge in [0.1, 0.15) is 0 Å². The molecule has 1 aromatic carbocycles. The van der Waals surface area contributed by atoms with Crippen LogP contribution >= 0.6 is 0 Å². The number of hydrogen-bond acceptors (Lipinski definition) is 5. The van der Waals surface area contributed by atoms with Crippen LogP contribution < -0.4 is 16.4 Å². The highest BCUT2D eigenvalue weighted by Gasteiger charge is 2.07. The molecule has 1 rings (SSSR count). The summed E-state index contributed by atoms with van der Waals surface area (Å²) in [6, 6.07) is 5.10. The molecule has 0 unspecified atom stereocenters. The van der Waals surface area contributed by atoms with Crippen molar-refractivity contribution in [3.8, 4) is 0 Å². The summed E-state index contributed by atoms with van der Waals surface area (Å²) in [6.07, 6.45) is 0. The third kappa shape index (κ3) is 5.15. The Morgan fingerprint density at radius 3 is 2.89 bits per heavy atom. The number of amides is 1. The van der Waals surface area contributed by atoms with Gasteiger partial charge in [-0.25, -0.2) is 0 Å². The highest BCUT2D eigenvalue weighted by Crippen LogP contribution is 2.19. The van der Waals surface area contributed by atoms with E-state index in [0.717, 1.165) is 0 Å². The Labute approximate surface area is 112 Å². The van der Waals surface area contributed by atoms with E-state index in [4.69, 9.17) is 15.6 Å². The summed E-state index contributed by atoms with van der Waals surface area (Å²) in [6.45, 7) is 3.80. The lowest BCUT2D eigenvalue weighted by Gasteiger charge is -2.11. The molecule has 0 radical (unpaired) electrons. The summed E-state index contributed by atoms with van der Waals surface area (Å²) in [5.74, 6) is -0.123. The predicted octanol–water partition coefficient (Wildman–Crippen LogP) is 0.439. The van der Waals surface area contributed by atoms with Crippen LogP contribution in [0.15, 0.2) is 18.2 Å². The maximum atomic E-state index is 11.7. The van der Waals surface area contributed by atoms with E-state index in [1.54, 1.807) is 18.2 Å². The molecule has 6 nitrogen and oxygen atoms in total. The van der Waals surface area contributed by atoms with E-state index >= 15 is 0 Å². The van der Waals surface area contributed by atoms with Crippen molar-refractivity contribution in [3.63, 3.8) is 0 Å². The molecular formula is C13H21N3O3. The van der Waals surface area contributed by atoms with Crippen molar-refractivity contribution in [1.82, 2.24) is 5.32 Å². The zero-order chi connectivity index (χ0) is 14.1. The van der Waals surface area contributed by atoms with Crippen molar-refractivity contribution in [3.05, 3.63) is 23.8 Å². The highest BCUT2D eigenvalue weighted by molar-refractivity contribution is 5.96. The lowest BCUT2D eigenvalue weighted by atomic mass is 10.1. The van der Waals surface area contributed by atoms with Crippen LogP contribution in [0, 0.1) is 0 Å². The number of benzene rings is 1. The van der Waals surface area contributed by atoms with Crippen molar-refractivity contribution >= 4 is 17.3 Å². The maximum absolute atomic E-state index is 11.7. The summed E-state index contributed by atoms with van der Waals surface area (Å²) in [5, 5.41) is 14.4. The lowest BCUT2D eigenvalue weighted by molar-refractivity contribution is 0.0956. The number of aliphatic hydroxyl groups excluding tert-OH is 1. The van der Waals surface area contributed by atoms with Gasteiger partial charge in [-0.2, -0.15) is 0 Å². The molecule has 5 N–H and O–H groups in total. The Balaban J connectivity index is 2.56. The smallest absolute Gasteiger partial charge is 0.251 e. The molecule has 6 heteroatoms. The average Bonchev–Trinajstić information content (AvgIpc) is 2.40. The quantitative estimate of drug-likeness (QED) is 0.405. The summed E-state index contributed by atoms with van der Waals surface area (Å²) in [4.78, 5) is 11.7. The molecule has 0 heterocycles. The molecule has 0 saturated heterocycles. The van der Waals surface area contributed by atoms with Gasteiger partial charge in [0.15, 0.2) is 0 Å². The van der Waals surface area contributed by atoms with E-state index < -0.39 is 0 Å². The number of nitrogens with one attached hydrogen (secondary N) is 2. The van der Waals surface area contributed by atoms with Gasteiger partial charge in [-0.05, 0) is 25.1 Å². The average molecular weight is 267 g/mol. The SMILES string of the molecule is CCNC(=O)c1ccc(N)c(NCCOCCO)c1. The largest absolute Gasteiger partial charge is 0.397 e. The van der Waals surface area contributed by atoms with E-state index in [2.05, 4.69) is 10.6 Å². The van der Waals surface area contributed by atoms with Gasteiger partial charge in [-0.15, -0.1) is 0 Å². The first-order chi connectivity index (χ1) is 9.19. The molecule has 1 aromatic rings. The van der Waals surface area contributed by atoms with Gasteiger partial charge >= 0.3 is 0 Å². The molecular weight excluding hydrogens is 246 g/mol. The lowest BCUT2D eigenvalue weighted by Crippen LogP contribution is -2.23. The van der Waals surface area contributed by atoms with E-state index in [-0.39, 0.29) is 12.5 Å². The van der Waals surface area contributed by atoms with Gasteiger partial charge in [-0.3, -0.25) is 4.79 Å². The van der Waals surface area contributed by atoms with Gasteiger partial charge in [0.25, 0.3) is 5.91 Å². The third-order valence-corrected chi connectivity index (χ3v) is 2.45. The minimum absolute atomic E-state index is 0.00874. The zero-order valence-corrected chi connectivity index (χ0v) is 11.1. The number of anilines is 2. The second-order valence-electron chi connectivity index (χ2n) is 3.92. The second-order valence-corrected chi connectivity index (χ2v) is 3.92. The third-order valence-electron chi connectivity index (χ3n) is 2.45. The number of ether oxygens (including phenoxy) is 1. The number of nitrogen functional groups attached to an aromatic ring is 1. The van der Waals surface area contributed by atoms with Crippen molar-refractivity contribution in [1.29, 1.82) is 0 Å². The minimum Gasteiger partial charge on any atom is -0.397 e. The molecule has 0 aliphatic carbocycles. The Morgan fingerprint density at radius 1 is 1.42 bits per heavy atom. The number of nitrogens with two attached hydrogens (primary N) is 1. The Kier molecular flexibility index (Phi) is 6.70. The van der Waals surface area contributed by atoms with Crippen LogP contribution in [-0.2, 0) is 4.74 Å². The van der Waals surface area contributed by atoms with Crippen LogP contribution in [0.3, 0.4) is 0 Å². The maximum Gasteiger partial charge on any atom is 0.251 e. The van der Waals surface area contributed by atoms with Crippen LogP contribution in [0.1, 0.15) is 17.3 Å². The number of hydrogen-bond donors (Lipinski definition) is 4. The summed E-state index contributed by atoms with van der Waals surface area (Å²) in [7, 11) is 0. The first kappa shape index (κ1) is 15.3. The number of carbonyl (C=O) groups is 1. The minimum atomic E-state index is -0.123. The predicted molar refractivity (Wildman–Crippen MR) is 75.3 cm³/mol. The van der Waals surface area contributed by atoms with Crippen LogP contribution in [0.25, 0.3) is 0 Å². The first-order valence-electron chi connectivity index (χ1n) is 6.29. The number of aliphatic hydroxyl groups is 1. The van der Waals surface area contributed by atoms with E-state index in [0.29, 0.717) is 43.2 Å². The Morgan fingerprint density at radius 2 is 2.21 bits per heavy atom. The van der Waals surface area contributed by atoms with Crippen LogP contribution in [0.4, 0.5) is 11.4 Å². The molecule has 0 atom stereocenters. The van der Waals surface area contributed by atoms with Crippen molar-refractivity contribution < 1.29 is 14.6 Å². The van der Waals surface area contributed by atoms with Crippen molar-refractivity contribution in [2.45, 2.75) is 6.92 Å². The molecule has 106 valence electrons. The van der Waals surface area contributed by atoms with E-state index in [9.17, 15) is 4.79 Å². The second kappa shape index (κ2) is 8.34. The molecule has 0 bridgehead atoms. The van der Waals surface area contributed by atoms with Crippen LogP contribution in [0.2, 0.25) is 0 Å². The molecule has 1 amide bonds.